The molecule has 0 N–H and O–H groups in total. The molecule has 0 atom stereocenters. The van der Waals surface area contributed by atoms with Gasteiger partial charge in [0.25, 0.3) is 0 Å². The fraction of sp³-hybridized carbons (Fsp3) is 0. The lowest BCUT2D eigenvalue weighted by Gasteiger charge is -2.16. The number of aromatic nitrogens is 3. The lowest BCUT2D eigenvalue weighted by atomic mass is 9.94. The smallest absolute Gasteiger partial charge is 0.0561 e. The predicted octanol–water partition coefficient (Wildman–Crippen LogP) is 20.5. The van der Waals surface area contributed by atoms with Gasteiger partial charge in [0.2, 0.25) is 0 Å². The summed E-state index contributed by atoms with van der Waals surface area (Å²) in [5.74, 6) is 0. The molecule has 17 aromatic rings. The molecular formula is C76H47N3. The first-order chi connectivity index (χ1) is 39.1. The molecule has 0 aliphatic carbocycles. The number of rotatable bonds is 7. The van der Waals surface area contributed by atoms with Gasteiger partial charge >= 0.3 is 0 Å². The summed E-state index contributed by atoms with van der Waals surface area (Å²) in [4.78, 5) is 0. The summed E-state index contributed by atoms with van der Waals surface area (Å²) in [6.45, 7) is 0. The Labute approximate surface area is 455 Å². The van der Waals surface area contributed by atoms with Crippen molar-refractivity contribution in [2.75, 3.05) is 0 Å². The SMILES string of the molecule is c1ccc(-c2ccc3c(c2)c2cc(-c4ccccc4)ccc2n3-c2ccc3c4ccc(-n5c6ccc(-c7ccccc7)cc6c6cc(-c7ccccc7)ccc65)cc4n(-c4cc5ccc6cccc7ccc(c4)c5c67)c3c2)cc1. The molecule has 79 heavy (non-hydrogen) atoms. The Hall–Kier alpha value is -10.5. The fourth-order valence-electron chi connectivity index (χ4n) is 13.3. The van der Waals surface area contributed by atoms with Gasteiger partial charge in [0, 0.05) is 49.4 Å². The van der Waals surface area contributed by atoms with E-state index in [4.69, 9.17) is 0 Å². The van der Waals surface area contributed by atoms with Gasteiger partial charge in [-0.2, -0.15) is 0 Å². The lowest BCUT2D eigenvalue weighted by molar-refractivity contribution is 1.15. The molecule has 0 saturated carbocycles. The minimum Gasteiger partial charge on any atom is -0.309 e. The van der Waals surface area contributed by atoms with Crippen LogP contribution >= 0.6 is 0 Å². The standard InChI is InChI=1S/C76H47N3/c1-5-14-48(15-6-1)54-28-36-69-65(42-54)66-43-55(49-16-7-2-8-17-49)29-37-70(66)77(69)60-32-34-63-64-35-33-61(47-74(64)79(73(63)46-60)62-40-58-26-24-52-22-13-23-53-25-27-59(41-62)76(58)75(52)53)78-71-38-30-56(50-18-9-3-10-19-50)44-67(71)68-45-57(31-39-72(68)78)51-20-11-4-12-21-51/h1-47H. The van der Waals surface area contributed by atoms with Crippen LogP contribution in [0.2, 0.25) is 0 Å². The highest BCUT2D eigenvalue weighted by Gasteiger charge is 2.22. The average Bonchev–Trinajstić information content (AvgIpc) is 4.13. The van der Waals surface area contributed by atoms with E-state index >= 15 is 0 Å². The summed E-state index contributed by atoms with van der Waals surface area (Å²) in [5, 5.41) is 15.0. The van der Waals surface area contributed by atoms with Crippen LogP contribution in [0.3, 0.4) is 0 Å². The van der Waals surface area contributed by atoms with Crippen LogP contribution in [0.1, 0.15) is 0 Å². The second-order valence-corrected chi connectivity index (χ2v) is 21.3. The molecule has 3 heterocycles. The molecule has 3 aromatic heterocycles. The third-order valence-corrected chi connectivity index (χ3v) is 16.9. The summed E-state index contributed by atoms with van der Waals surface area (Å²) in [5.41, 5.74) is 20.0. The Morgan fingerprint density at radius 1 is 0.165 bits per heavy atom. The highest BCUT2D eigenvalue weighted by Crippen LogP contribution is 2.44. The maximum Gasteiger partial charge on any atom is 0.0561 e. The van der Waals surface area contributed by atoms with Crippen molar-refractivity contribution in [3.63, 3.8) is 0 Å². The van der Waals surface area contributed by atoms with E-state index in [1.165, 1.54) is 131 Å². The van der Waals surface area contributed by atoms with E-state index in [-0.39, 0.29) is 0 Å². The van der Waals surface area contributed by atoms with Crippen molar-refractivity contribution < 1.29 is 0 Å². The molecule has 0 amide bonds. The monoisotopic (exact) mass is 1000 g/mol. The molecule has 17 rings (SSSR count). The van der Waals surface area contributed by atoms with Gasteiger partial charge in [-0.15, -0.1) is 0 Å². The maximum atomic E-state index is 2.54. The van der Waals surface area contributed by atoms with Crippen molar-refractivity contribution in [3.05, 3.63) is 285 Å². The van der Waals surface area contributed by atoms with E-state index in [0.717, 1.165) is 28.1 Å². The van der Waals surface area contributed by atoms with Crippen molar-refractivity contribution in [3.8, 4) is 61.6 Å². The summed E-state index contributed by atoms with van der Waals surface area (Å²) in [6, 6.07) is 106. The van der Waals surface area contributed by atoms with Gasteiger partial charge < -0.3 is 13.7 Å². The van der Waals surface area contributed by atoms with Crippen molar-refractivity contribution >= 4 is 97.7 Å². The molecule has 3 heteroatoms. The number of fused-ring (bicyclic) bond motifs is 9. The first kappa shape index (κ1) is 43.7. The maximum absolute atomic E-state index is 2.54. The molecule has 0 radical (unpaired) electrons. The van der Waals surface area contributed by atoms with Crippen molar-refractivity contribution in [2.24, 2.45) is 0 Å². The van der Waals surface area contributed by atoms with Gasteiger partial charge in [-0.05, 0) is 162 Å². The van der Waals surface area contributed by atoms with Crippen LogP contribution in [0, 0.1) is 0 Å². The van der Waals surface area contributed by atoms with E-state index in [2.05, 4.69) is 299 Å². The normalized spacial score (nSPS) is 12.1. The first-order valence-corrected chi connectivity index (χ1v) is 27.3. The van der Waals surface area contributed by atoms with Gasteiger partial charge in [-0.25, -0.2) is 0 Å². The third-order valence-electron chi connectivity index (χ3n) is 16.9. The largest absolute Gasteiger partial charge is 0.309 e. The number of hydrogen-bond acceptors (Lipinski definition) is 0. The molecule has 0 spiro atoms. The minimum atomic E-state index is 1.11. The molecular weight excluding hydrogens is 955 g/mol. The lowest BCUT2D eigenvalue weighted by Crippen LogP contribution is -1.99. The minimum absolute atomic E-state index is 1.11. The zero-order chi connectivity index (χ0) is 51.7. The molecule has 0 unspecified atom stereocenters. The second kappa shape index (κ2) is 17.0. The van der Waals surface area contributed by atoms with Gasteiger partial charge in [0.1, 0.15) is 0 Å². The Morgan fingerprint density at radius 3 is 0.835 bits per heavy atom. The summed E-state index contributed by atoms with van der Waals surface area (Å²) < 4.78 is 7.50. The molecule has 0 bridgehead atoms. The molecule has 0 fully saturated rings. The van der Waals surface area contributed by atoms with E-state index in [1.807, 2.05) is 0 Å². The van der Waals surface area contributed by atoms with Gasteiger partial charge in [0.15, 0.2) is 0 Å². The van der Waals surface area contributed by atoms with Crippen LogP contribution in [0.15, 0.2) is 285 Å². The third kappa shape index (κ3) is 6.73. The Kier molecular flexibility index (Phi) is 9.42. The van der Waals surface area contributed by atoms with Crippen LogP contribution in [-0.4, -0.2) is 13.7 Å². The number of benzene rings is 14. The molecule has 366 valence electrons. The topological polar surface area (TPSA) is 14.8 Å². The highest BCUT2D eigenvalue weighted by atomic mass is 15.0. The Morgan fingerprint density at radius 2 is 0.481 bits per heavy atom. The highest BCUT2D eigenvalue weighted by molar-refractivity contribution is 6.24. The quantitative estimate of drug-likeness (QED) is 0.141. The van der Waals surface area contributed by atoms with Crippen molar-refractivity contribution in [2.45, 2.75) is 0 Å². The van der Waals surface area contributed by atoms with E-state index < -0.39 is 0 Å². The summed E-state index contributed by atoms with van der Waals surface area (Å²) >= 11 is 0. The molecule has 3 nitrogen and oxygen atoms in total. The summed E-state index contributed by atoms with van der Waals surface area (Å²) in [6.07, 6.45) is 0. The van der Waals surface area contributed by atoms with Crippen molar-refractivity contribution in [1.82, 2.24) is 13.7 Å². The fourth-order valence-corrected chi connectivity index (χ4v) is 13.3. The molecule has 0 aliphatic heterocycles. The van der Waals surface area contributed by atoms with Crippen LogP contribution in [0.25, 0.3) is 159 Å². The molecule has 0 saturated heterocycles. The average molecular weight is 1000 g/mol. The van der Waals surface area contributed by atoms with Gasteiger partial charge in [0.05, 0.1) is 33.1 Å². The zero-order valence-corrected chi connectivity index (χ0v) is 43.0. The predicted molar refractivity (Wildman–Crippen MR) is 335 cm³/mol. The van der Waals surface area contributed by atoms with Gasteiger partial charge in [-0.3, -0.25) is 0 Å². The van der Waals surface area contributed by atoms with Crippen LogP contribution < -0.4 is 0 Å². The molecule has 0 aliphatic rings. The van der Waals surface area contributed by atoms with E-state index in [0.29, 0.717) is 0 Å². The first-order valence-electron chi connectivity index (χ1n) is 27.3. The molecule has 14 aromatic carbocycles. The Bertz CT molecular complexity index is 4760. The second-order valence-electron chi connectivity index (χ2n) is 21.3. The zero-order valence-electron chi connectivity index (χ0n) is 43.0. The van der Waals surface area contributed by atoms with Crippen LogP contribution in [0.5, 0.6) is 0 Å². The van der Waals surface area contributed by atoms with Crippen LogP contribution in [0.4, 0.5) is 0 Å². The van der Waals surface area contributed by atoms with Crippen molar-refractivity contribution in [1.29, 1.82) is 0 Å². The van der Waals surface area contributed by atoms with E-state index in [9.17, 15) is 0 Å². The van der Waals surface area contributed by atoms with E-state index in [1.54, 1.807) is 0 Å². The number of hydrogen-bond donors (Lipinski definition) is 0. The van der Waals surface area contributed by atoms with Gasteiger partial charge in [-0.1, -0.05) is 200 Å². The summed E-state index contributed by atoms with van der Waals surface area (Å²) in [7, 11) is 0. The Balaban J connectivity index is 0.932. The van der Waals surface area contributed by atoms with Crippen LogP contribution in [-0.2, 0) is 0 Å². The number of nitrogens with zero attached hydrogens (tertiary/aromatic N) is 3.